The van der Waals surface area contributed by atoms with Crippen molar-refractivity contribution in [1.29, 1.82) is 0 Å². The smallest absolute Gasteiger partial charge is 0.0768 e. The SMILES string of the molecule is C=CCC1=C(Cc2ccccc2)C(C)OC1. The fourth-order valence-electron chi connectivity index (χ4n) is 2.16. The molecule has 0 amide bonds. The molecule has 1 aromatic rings. The number of ether oxygens (including phenoxy) is 1. The molecule has 1 atom stereocenters. The van der Waals surface area contributed by atoms with Crippen molar-refractivity contribution in [2.24, 2.45) is 0 Å². The van der Waals surface area contributed by atoms with Crippen molar-refractivity contribution in [3.63, 3.8) is 0 Å². The van der Waals surface area contributed by atoms with E-state index in [4.69, 9.17) is 4.74 Å². The molecule has 0 bridgehead atoms. The van der Waals surface area contributed by atoms with E-state index in [9.17, 15) is 0 Å². The van der Waals surface area contributed by atoms with Crippen LogP contribution in [-0.4, -0.2) is 12.7 Å². The average molecular weight is 214 g/mol. The molecule has 0 saturated carbocycles. The molecule has 1 heteroatoms. The molecule has 0 N–H and O–H groups in total. The second kappa shape index (κ2) is 5.13. The average Bonchev–Trinajstić information content (AvgIpc) is 2.64. The second-order valence-corrected chi connectivity index (χ2v) is 4.24. The third-order valence-electron chi connectivity index (χ3n) is 3.08. The summed E-state index contributed by atoms with van der Waals surface area (Å²) in [6.07, 6.45) is 4.18. The Morgan fingerprint density at radius 2 is 2.12 bits per heavy atom. The predicted octanol–water partition coefficient (Wildman–Crippen LogP) is 3.52. The topological polar surface area (TPSA) is 9.23 Å². The highest BCUT2D eigenvalue weighted by Crippen LogP contribution is 2.26. The molecule has 1 aromatic carbocycles. The summed E-state index contributed by atoms with van der Waals surface area (Å²) in [5.41, 5.74) is 4.20. The van der Waals surface area contributed by atoms with Crippen LogP contribution in [0.5, 0.6) is 0 Å². The van der Waals surface area contributed by atoms with Crippen molar-refractivity contribution in [2.45, 2.75) is 25.9 Å². The first-order chi connectivity index (χ1) is 7.81. The molecule has 0 aliphatic carbocycles. The third-order valence-corrected chi connectivity index (χ3v) is 3.08. The Labute approximate surface area is 97.4 Å². The van der Waals surface area contributed by atoms with E-state index >= 15 is 0 Å². The van der Waals surface area contributed by atoms with E-state index in [1.807, 2.05) is 6.08 Å². The first kappa shape index (κ1) is 11.2. The second-order valence-electron chi connectivity index (χ2n) is 4.24. The van der Waals surface area contributed by atoms with Gasteiger partial charge in [-0.3, -0.25) is 0 Å². The summed E-state index contributed by atoms with van der Waals surface area (Å²) in [4.78, 5) is 0. The molecule has 1 aliphatic rings. The quantitative estimate of drug-likeness (QED) is 0.697. The summed E-state index contributed by atoms with van der Waals surface area (Å²) in [6.45, 7) is 6.71. The van der Waals surface area contributed by atoms with Gasteiger partial charge in [0.2, 0.25) is 0 Å². The van der Waals surface area contributed by atoms with E-state index in [0.717, 1.165) is 19.4 Å². The Morgan fingerprint density at radius 1 is 1.38 bits per heavy atom. The van der Waals surface area contributed by atoms with Gasteiger partial charge in [-0.2, -0.15) is 0 Å². The molecule has 0 fully saturated rings. The molecule has 84 valence electrons. The predicted molar refractivity (Wildman–Crippen MR) is 67.4 cm³/mol. The molecule has 1 unspecified atom stereocenters. The van der Waals surface area contributed by atoms with E-state index in [2.05, 4.69) is 43.8 Å². The van der Waals surface area contributed by atoms with Crippen LogP contribution in [0, 0.1) is 0 Å². The van der Waals surface area contributed by atoms with Gasteiger partial charge in [-0.25, -0.2) is 0 Å². The lowest BCUT2D eigenvalue weighted by atomic mass is 9.97. The summed E-state index contributed by atoms with van der Waals surface area (Å²) in [5.74, 6) is 0. The summed E-state index contributed by atoms with van der Waals surface area (Å²) in [7, 11) is 0. The van der Waals surface area contributed by atoms with Crippen LogP contribution in [0.3, 0.4) is 0 Å². The van der Waals surface area contributed by atoms with Gasteiger partial charge in [-0.1, -0.05) is 36.4 Å². The Bertz CT molecular complexity index is 389. The van der Waals surface area contributed by atoms with Gasteiger partial charge in [0.05, 0.1) is 12.7 Å². The van der Waals surface area contributed by atoms with Crippen LogP contribution < -0.4 is 0 Å². The summed E-state index contributed by atoms with van der Waals surface area (Å²) < 4.78 is 5.68. The fraction of sp³-hybridized carbons (Fsp3) is 0.333. The van der Waals surface area contributed by atoms with E-state index in [1.165, 1.54) is 16.7 Å². The van der Waals surface area contributed by atoms with Gasteiger partial charge < -0.3 is 4.74 Å². The lowest BCUT2D eigenvalue weighted by molar-refractivity contribution is 0.132. The maximum Gasteiger partial charge on any atom is 0.0768 e. The number of rotatable bonds is 4. The number of hydrogen-bond acceptors (Lipinski definition) is 1. The van der Waals surface area contributed by atoms with Gasteiger partial charge >= 0.3 is 0 Å². The van der Waals surface area contributed by atoms with Gasteiger partial charge in [0.25, 0.3) is 0 Å². The van der Waals surface area contributed by atoms with Crippen molar-refractivity contribution in [1.82, 2.24) is 0 Å². The minimum Gasteiger partial charge on any atom is -0.370 e. The van der Waals surface area contributed by atoms with Crippen molar-refractivity contribution in [3.8, 4) is 0 Å². The molecular weight excluding hydrogens is 196 g/mol. The molecule has 1 heterocycles. The molecule has 1 aliphatic heterocycles. The van der Waals surface area contributed by atoms with Gasteiger partial charge in [-0.05, 0) is 36.5 Å². The van der Waals surface area contributed by atoms with Crippen LogP contribution in [-0.2, 0) is 11.2 Å². The standard InChI is InChI=1S/C15H18O/c1-3-7-14-11-16-12(2)15(14)10-13-8-5-4-6-9-13/h3-6,8-9,12H,1,7,10-11H2,2H3. The van der Waals surface area contributed by atoms with Crippen molar-refractivity contribution < 1.29 is 4.74 Å². The van der Waals surface area contributed by atoms with Crippen LogP contribution in [0.25, 0.3) is 0 Å². The molecule has 2 rings (SSSR count). The van der Waals surface area contributed by atoms with E-state index in [0.29, 0.717) is 0 Å². The third kappa shape index (κ3) is 2.42. The van der Waals surface area contributed by atoms with E-state index < -0.39 is 0 Å². The molecule has 0 aromatic heterocycles. The van der Waals surface area contributed by atoms with Crippen LogP contribution in [0.1, 0.15) is 18.9 Å². The van der Waals surface area contributed by atoms with Crippen LogP contribution in [0.2, 0.25) is 0 Å². The maximum absolute atomic E-state index is 5.68. The summed E-state index contributed by atoms with van der Waals surface area (Å²) in [5, 5.41) is 0. The zero-order valence-corrected chi connectivity index (χ0v) is 9.78. The lowest BCUT2D eigenvalue weighted by Gasteiger charge is -2.09. The lowest BCUT2D eigenvalue weighted by Crippen LogP contribution is -2.06. The van der Waals surface area contributed by atoms with E-state index in [1.54, 1.807) is 0 Å². The maximum atomic E-state index is 5.68. The summed E-state index contributed by atoms with van der Waals surface area (Å²) >= 11 is 0. The highest BCUT2D eigenvalue weighted by atomic mass is 16.5. The Kier molecular flexibility index (Phi) is 3.58. The number of allylic oxidation sites excluding steroid dienone is 1. The van der Waals surface area contributed by atoms with E-state index in [-0.39, 0.29) is 6.10 Å². The molecule has 0 spiro atoms. The van der Waals surface area contributed by atoms with Gasteiger partial charge in [0, 0.05) is 0 Å². The monoisotopic (exact) mass is 214 g/mol. The van der Waals surface area contributed by atoms with Crippen LogP contribution >= 0.6 is 0 Å². The zero-order chi connectivity index (χ0) is 11.4. The molecule has 16 heavy (non-hydrogen) atoms. The highest BCUT2D eigenvalue weighted by Gasteiger charge is 2.21. The number of hydrogen-bond donors (Lipinski definition) is 0. The highest BCUT2D eigenvalue weighted by molar-refractivity contribution is 5.31. The molecule has 0 radical (unpaired) electrons. The van der Waals surface area contributed by atoms with Gasteiger partial charge in [0.1, 0.15) is 0 Å². The van der Waals surface area contributed by atoms with Crippen LogP contribution in [0.15, 0.2) is 54.1 Å². The Balaban J connectivity index is 2.18. The van der Waals surface area contributed by atoms with Crippen LogP contribution in [0.4, 0.5) is 0 Å². The van der Waals surface area contributed by atoms with Crippen molar-refractivity contribution >= 4 is 0 Å². The normalized spacial score (nSPS) is 20.2. The molecular formula is C15H18O. The largest absolute Gasteiger partial charge is 0.370 e. The number of benzene rings is 1. The van der Waals surface area contributed by atoms with Crippen molar-refractivity contribution in [2.75, 3.05) is 6.61 Å². The van der Waals surface area contributed by atoms with Gasteiger partial charge in [-0.15, -0.1) is 6.58 Å². The summed E-state index contributed by atoms with van der Waals surface area (Å²) in [6, 6.07) is 10.6. The first-order valence-corrected chi connectivity index (χ1v) is 5.78. The first-order valence-electron chi connectivity index (χ1n) is 5.78. The molecule has 1 nitrogen and oxygen atoms in total. The minimum atomic E-state index is 0.259. The Hall–Kier alpha value is -1.34. The minimum absolute atomic E-state index is 0.259. The fourth-order valence-corrected chi connectivity index (χ4v) is 2.16. The van der Waals surface area contributed by atoms with Gasteiger partial charge in [0.15, 0.2) is 0 Å². The molecule has 0 saturated heterocycles. The Morgan fingerprint density at radius 3 is 2.81 bits per heavy atom. The zero-order valence-electron chi connectivity index (χ0n) is 9.78. The van der Waals surface area contributed by atoms with Crippen molar-refractivity contribution in [3.05, 3.63) is 59.7 Å².